The van der Waals surface area contributed by atoms with E-state index in [0.29, 0.717) is 5.75 Å². The first kappa shape index (κ1) is 12.9. The normalized spacial score (nSPS) is 13.1. The van der Waals surface area contributed by atoms with Crippen molar-refractivity contribution in [2.24, 2.45) is 0 Å². The van der Waals surface area contributed by atoms with Gasteiger partial charge >= 0.3 is 5.97 Å². The summed E-state index contributed by atoms with van der Waals surface area (Å²) in [5.41, 5.74) is 2.69. The van der Waals surface area contributed by atoms with E-state index in [0.717, 1.165) is 19.3 Å². The maximum absolute atomic E-state index is 11.0. The van der Waals surface area contributed by atoms with Crippen molar-refractivity contribution in [1.29, 1.82) is 0 Å². The standard InChI is InChI=1S/C15H12ClNO3/c16-13-7-11(15(18)19)8-14(17-13)20-12-5-4-9-2-1-3-10(9)6-12/h4-8H,1-3H2,(H,18,19). The van der Waals surface area contributed by atoms with E-state index in [1.807, 2.05) is 18.2 Å². The summed E-state index contributed by atoms with van der Waals surface area (Å²) >= 11 is 5.80. The number of halogens is 1. The van der Waals surface area contributed by atoms with Crippen molar-refractivity contribution in [3.8, 4) is 11.6 Å². The summed E-state index contributed by atoms with van der Waals surface area (Å²) in [6, 6.07) is 8.54. The van der Waals surface area contributed by atoms with Crippen LogP contribution >= 0.6 is 11.6 Å². The fourth-order valence-corrected chi connectivity index (χ4v) is 2.58. The van der Waals surface area contributed by atoms with Gasteiger partial charge in [0.1, 0.15) is 10.9 Å². The lowest BCUT2D eigenvalue weighted by atomic mass is 10.1. The maximum Gasteiger partial charge on any atom is 0.335 e. The first-order chi connectivity index (χ1) is 9.61. The number of aryl methyl sites for hydroxylation is 2. The Bertz CT molecular complexity index is 685. The average Bonchev–Trinajstić information content (AvgIpc) is 2.85. The number of pyridine rings is 1. The predicted molar refractivity (Wildman–Crippen MR) is 74.7 cm³/mol. The Balaban J connectivity index is 1.89. The quantitative estimate of drug-likeness (QED) is 0.875. The SMILES string of the molecule is O=C(O)c1cc(Cl)nc(Oc2ccc3c(c2)CCC3)c1. The molecular formula is C15H12ClNO3. The molecule has 0 saturated carbocycles. The third kappa shape index (κ3) is 2.60. The van der Waals surface area contributed by atoms with Gasteiger partial charge in [0, 0.05) is 6.07 Å². The summed E-state index contributed by atoms with van der Waals surface area (Å²) in [5, 5.41) is 9.08. The van der Waals surface area contributed by atoms with Gasteiger partial charge in [0.25, 0.3) is 0 Å². The zero-order valence-corrected chi connectivity index (χ0v) is 11.4. The number of ether oxygens (including phenoxy) is 1. The molecule has 0 aliphatic heterocycles. The van der Waals surface area contributed by atoms with Gasteiger partial charge in [-0.25, -0.2) is 9.78 Å². The summed E-state index contributed by atoms with van der Waals surface area (Å²) in [6.45, 7) is 0. The Kier molecular flexibility index (Phi) is 3.32. The smallest absolute Gasteiger partial charge is 0.335 e. The molecule has 2 aromatic rings. The lowest BCUT2D eigenvalue weighted by Crippen LogP contribution is -1.99. The molecule has 102 valence electrons. The van der Waals surface area contributed by atoms with Crippen LogP contribution in [-0.2, 0) is 12.8 Å². The van der Waals surface area contributed by atoms with Gasteiger partial charge in [0.2, 0.25) is 5.88 Å². The van der Waals surface area contributed by atoms with Crippen molar-refractivity contribution >= 4 is 17.6 Å². The predicted octanol–water partition coefficient (Wildman–Crippen LogP) is 3.71. The van der Waals surface area contributed by atoms with E-state index < -0.39 is 5.97 Å². The van der Waals surface area contributed by atoms with E-state index in [1.165, 1.54) is 23.3 Å². The van der Waals surface area contributed by atoms with Crippen LogP contribution in [-0.4, -0.2) is 16.1 Å². The number of carboxylic acids is 1. The molecule has 1 aliphatic carbocycles. The molecule has 0 saturated heterocycles. The van der Waals surface area contributed by atoms with Gasteiger partial charge in [-0.05, 0) is 48.6 Å². The number of carbonyl (C=O) groups is 1. The molecule has 5 heteroatoms. The topological polar surface area (TPSA) is 59.4 Å². The van der Waals surface area contributed by atoms with Crippen molar-refractivity contribution in [2.45, 2.75) is 19.3 Å². The Hall–Kier alpha value is -2.07. The number of benzene rings is 1. The Morgan fingerprint density at radius 1 is 1.20 bits per heavy atom. The third-order valence-electron chi connectivity index (χ3n) is 3.31. The summed E-state index contributed by atoms with van der Waals surface area (Å²) in [4.78, 5) is 15.0. The highest BCUT2D eigenvalue weighted by molar-refractivity contribution is 6.29. The fraction of sp³-hybridized carbons (Fsp3) is 0.200. The molecule has 0 radical (unpaired) electrons. The average molecular weight is 290 g/mol. The molecule has 1 N–H and O–H groups in total. The maximum atomic E-state index is 11.0. The Labute approximate surface area is 121 Å². The minimum Gasteiger partial charge on any atom is -0.478 e. The molecule has 4 nitrogen and oxygen atoms in total. The molecule has 0 amide bonds. The van der Waals surface area contributed by atoms with E-state index in [1.54, 1.807) is 0 Å². The van der Waals surface area contributed by atoms with Crippen LogP contribution < -0.4 is 4.74 Å². The Morgan fingerprint density at radius 3 is 2.80 bits per heavy atom. The summed E-state index contributed by atoms with van der Waals surface area (Å²) in [7, 11) is 0. The monoisotopic (exact) mass is 289 g/mol. The van der Waals surface area contributed by atoms with Crippen molar-refractivity contribution < 1.29 is 14.6 Å². The van der Waals surface area contributed by atoms with Gasteiger partial charge in [-0.2, -0.15) is 0 Å². The van der Waals surface area contributed by atoms with E-state index in [-0.39, 0.29) is 16.6 Å². The number of carboxylic acid groups (broad SMARTS) is 1. The first-order valence-corrected chi connectivity index (χ1v) is 6.70. The summed E-state index contributed by atoms with van der Waals surface area (Å²) in [5.74, 6) is -0.224. The number of rotatable bonds is 3. The molecular weight excluding hydrogens is 278 g/mol. The first-order valence-electron chi connectivity index (χ1n) is 6.32. The van der Waals surface area contributed by atoms with Crippen LogP contribution in [0.2, 0.25) is 5.15 Å². The van der Waals surface area contributed by atoms with Gasteiger partial charge in [-0.1, -0.05) is 17.7 Å². The second kappa shape index (κ2) is 5.13. The number of aromatic carboxylic acids is 1. The van der Waals surface area contributed by atoms with E-state index >= 15 is 0 Å². The molecule has 0 atom stereocenters. The van der Waals surface area contributed by atoms with Crippen LogP contribution in [0.25, 0.3) is 0 Å². The highest BCUT2D eigenvalue weighted by Crippen LogP contribution is 2.29. The molecule has 1 heterocycles. The second-order valence-corrected chi connectivity index (χ2v) is 5.10. The number of fused-ring (bicyclic) bond motifs is 1. The van der Waals surface area contributed by atoms with Gasteiger partial charge in [0.15, 0.2) is 0 Å². The van der Waals surface area contributed by atoms with Crippen molar-refractivity contribution in [3.05, 3.63) is 52.2 Å². The van der Waals surface area contributed by atoms with E-state index in [2.05, 4.69) is 4.98 Å². The van der Waals surface area contributed by atoms with Crippen LogP contribution in [0.1, 0.15) is 27.9 Å². The van der Waals surface area contributed by atoms with Crippen molar-refractivity contribution in [2.75, 3.05) is 0 Å². The van der Waals surface area contributed by atoms with Crippen LogP contribution in [0.4, 0.5) is 0 Å². The minimum atomic E-state index is -1.06. The van der Waals surface area contributed by atoms with Crippen LogP contribution in [0.5, 0.6) is 11.6 Å². The number of hydrogen-bond donors (Lipinski definition) is 1. The van der Waals surface area contributed by atoms with E-state index in [4.69, 9.17) is 21.4 Å². The molecule has 0 spiro atoms. The summed E-state index contributed by atoms with van der Waals surface area (Å²) < 4.78 is 5.62. The number of nitrogens with zero attached hydrogens (tertiary/aromatic N) is 1. The highest BCUT2D eigenvalue weighted by Gasteiger charge is 2.13. The van der Waals surface area contributed by atoms with Crippen molar-refractivity contribution in [1.82, 2.24) is 4.98 Å². The molecule has 0 fully saturated rings. The molecule has 3 rings (SSSR count). The molecule has 1 aromatic carbocycles. The fourth-order valence-electron chi connectivity index (χ4n) is 2.38. The van der Waals surface area contributed by atoms with Gasteiger partial charge in [-0.3, -0.25) is 0 Å². The minimum absolute atomic E-state index is 0.0566. The third-order valence-corrected chi connectivity index (χ3v) is 3.50. The van der Waals surface area contributed by atoms with Crippen LogP contribution in [0.15, 0.2) is 30.3 Å². The van der Waals surface area contributed by atoms with Crippen LogP contribution in [0, 0.1) is 0 Å². The number of aromatic nitrogens is 1. The highest BCUT2D eigenvalue weighted by atomic mass is 35.5. The van der Waals surface area contributed by atoms with E-state index in [9.17, 15) is 4.79 Å². The molecule has 1 aromatic heterocycles. The van der Waals surface area contributed by atoms with Crippen LogP contribution in [0.3, 0.4) is 0 Å². The molecule has 1 aliphatic rings. The second-order valence-electron chi connectivity index (χ2n) is 4.71. The Morgan fingerprint density at radius 2 is 2.00 bits per heavy atom. The molecule has 20 heavy (non-hydrogen) atoms. The van der Waals surface area contributed by atoms with Gasteiger partial charge in [0.05, 0.1) is 5.56 Å². The molecule has 0 unspecified atom stereocenters. The lowest BCUT2D eigenvalue weighted by Gasteiger charge is -2.08. The van der Waals surface area contributed by atoms with Gasteiger partial charge < -0.3 is 9.84 Å². The lowest BCUT2D eigenvalue weighted by molar-refractivity contribution is 0.0696. The zero-order chi connectivity index (χ0) is 14.1. The van der Waals surface area contributed by atoms with Gasteiger partial charge in [-0.15, -0.1) is 0 Å². The molecule has 0 bridgehead atoms. The number of hydrogen-bond acceptors (Lipinski definition) is 3. The van der Waals surface area contributed by atoms with Crippen molar-refractivity contribution in [3.63, 3.8) is 0 Å². The zero-order valence-electron chi connectivity index (χ0n) is 10.6. The largest absolute Gasteiger partial charge is 0.478 e. The summed E-state index contributed by atoms with van der Waals surface area (Å²) in [6.07, 6.45) is 3.32.